The average molecular weight is 438 g/mol. The van der Waals surface area contributed by atoms with Gasteiger partial charge in [-0.1, -0.05) is 90.0 Å². The van der Waals surface area contributed by atoms with Crippen LogP contribution in [-0.2, 0) is 11.2 Å². The van der Waals surface area contributed by atoms with Crippen molar-refractivity contribution in [1.29, 1.82) is 0 Å². The second-order valence-electron chi connectivity index (χ2n) is 7.77. The first kappa shape index (κ1) is 20.8. The largest absolute Gasteiger partial charge is 0.406 e. The summed E-state index contributed by atoms with van der Waals surface area (Å²) in [5.41, 5.74) is 4.59. The lowest BCUT2D eigenvalue weighted by Gasteiger charge is -2.13. The summed E-state index contributed by atoms with van der Waals surface area (Å²) >= 11 is 0. The van der Waals surface area contributed by atoms with Crippen molar-refractivity contribution < 1.29 is 9.21 Å². The number of benzene rings is 3. The zero-order valence-electron chi connectivity index (χ0n) is 18.1. The molecular weight excluding hydrogens is 414 g/mol. The minimum Gasteiger partial charge on any atom is -0.406 e. The molecule has 7 nitrogen and oxygen atoms in total. The third-order valence-electron chi connectivity index (χ3n) is 5.62. The Bertz CT molecular complexity index is 1280. The van der Waals surface area contributed by atoms with Gasteiger partial charge >= 0.3 is 6.01 Å². The fourth-order valence-electron chi connectivity index (χ4n) is 4.00. The van der Waals surface area contributed by atoms with Crippen LogP contribution in [-0.4, -0.2) is 34.9 Å². The zero-order valence-corrected chi connectivity index (χ0v) is 18.1. The predicted molar refractivity (Wildman–Crippen MR) is 126 cm³/mol. The van der Waals surface area contributed by atoms with E-state index in [1.807, 2.05) is 92.0 Å². The number of fused-ring (bicyclic) bond motifs is 1. The van der Waals surface area contributed by atoms with Gasteiger partial charge in [-0.2, -0.15) is 0 Å². The fraction of sp³-hybridized carbons (Fsp3) is 0.154. The van der Waals surface area contributed by atoms with Crippen LogP contribution in [0.25, 0.3) is 0 Å². The van der Waals surface area contributed by atoms with E-state index in [4.69, 9.17) is 9.41 Å². The van der Waals surface area contributed by atoms with Gasteiger partial charge in [0, 0.05) is 17.5 Å². The fourth-order valence-corrected chi connectivity index (χ4v) is 4.00. The zero-order chi connectivity index (χ0) is 22.6. The van der Waals surface area contributed by atoms with Crippen molar-refractivity contribution in [3.63, 3.8) is 0 Å². The number of ketones is 1. The van der Waals surface area contributed by atoms with Crippen LogP contribution in [0.3, 0.4) is 0 Å². The van der Waals surface area contributed by atoms with Crippen molar-refractivity contribution in [2.24, 2.45) is 4.99 Å². The number of carbonyl (C=O) groups excluding carboxylic acids is 1. The molecule has 1 aliphatic rings. The Hall–Kier alpha value is -4.10. The highest BCUT2D eigenvalue weighted by molar-refractivity contribution is 6.16. The van der Waals surface area contributed by atoms with Gasteiger partial charge in [0.25, 0.3) is 0 Å². The van der Waals surface area contributed by atoms with Crippen molar-refractivity contribution in [1.82, 2.24) is 15.5 Å². The molecule has 33 heavy (non-hydrogen) atoms. The van der Waals surface area contributed by atoms with Gasteiger partial charge in [0.2, 0.25) is 5.89 Å². The molecule has 0 saturated carbocycles. The van der Waals surface area contributed by atoms with Gasteiger partial charge in [-0.05, 0) is 18.2 Å². The third-order valence-corrected chi connectivity index (χ3v) is 5.62. The molecule has 3 aromatic carbocycles. The maximum atomic E-state index is 13.1. The molecule has 0 saturated heterocycles. The standard InChI is InChI=1S/C26H23N5O2/c1-27-23(18-12-6-3-7-13-18)25-30-31-26(33-25)29-24-21(32)16-19-14-8-9-15-20(19)22(28-24)17-10-4-2-5-11-17/h2-15,23-24,27H,16H2,1H3,(H,29,31)/t23-,24?/m1/s1. The molecule has 0 spiro atoms. The highest BCUT2D eigenvalue weighted by atomic mass is 16.4. The maximum Gasteiger partial charge on any atom is 0.317 e. The number of aromatic nitrogens is 2. The van der Waals surface area contributed by atoms with Crippen LogP contribution < -0.4 is 10.6 Å². The van der Waals surface area contributed by atoms with Crippen molar-refractivity contribution in [2.75, 3.05) is 12.4 Å². The monoisotopic (exact) mass is 437 g/mol. The Morgan fingerprint density at radius 1 is 0.909 bits per heavy atom. The summed E-state index contributed by atoms with van der Waals surface area (Å²) < 4.78 is 5.88. The van der Waals surface area contributed by atoms with Crippen molar-refractivity contribution in [3.05, 3.63) is 113 Å². The summed E-state index contributed by atoms with van der Waals surface area (Å²) in [6.45, 7) is 0. The summed E-state index contributed by atoms with van der Waals surface area (Å²) in [5.74, 6) is 0.337. The van der Waals surface area contributed by atoms with Gasteiger partial charge in [0.15, 0.2) is 11.9 Å². The second-order valence-corrected chi connectivity index (χ2v) is 7.77. The molecule has 164 valence electrons. The SMILES string of the molecule is CN[C@H](c1ccccc1)c1nnc(NC2N=C(c3ccccc3)c3ccccc3CC2=O)o1. The molecule has 5 rings (SSSR count). The van der Waals surface area contributed by atoms with Crippen LogP contribution in [0.2, 0.25) is 0 Å². The topological polar surface area (TPSA) is 92.4 Å². The van der Waals surface area contributed by atoms with Gasteiger partial charge in [-0.25, -0.2) is 0 Å². The van der Waals surface area contributed by atoms with E-state index in [0.29, 0.717) is 5.89 Å². The number of nitrogens with zero attached hydrogens (tertiary/aromatic N) is 3. The third kappa shape index (κ3) is 4.31. The van der Waals surface area contributed by atoms with Gasteiger partial charge < -0.3 is 15.1 Å². The number of hydrogen-bond acceptors (Lipinski definition) is 7. The molecule has 0 amide bonds. The molecule has 0 aliphatic carbocycles. The average Bonchev–Trinajstić information content (AvgIpc) is 3.26. The maximum absolute atomic E-state index is 13.1. The van der Waals surface area contributed by atoms with Crippen LogP contribution in [0.1, 0.15) is 34.2 Å². The Balaban J connectivity index is 1.47. The van der Waals surface area contributed by atoms with E-state index in [0.717, 1.165) is 28.0 Å². The summed E-state index contributed by atoms with van der Waals surface area (Å²) in [7, 11) is 1.83. The van der Waals surface area contributed by atoms with E-state index in [1.54, 1.807) is 0 Å². The van der Waals surface area contributed by atoms with E-state index in [-0.39, 0.29) is 24.3 Å². The van der Waals surface area contributed by atoms with Crippen LogP contribution >= 0.6 is 0 Å². The highest BCUT2D eigenvalue weighted by Crippen LogP contribution is 2.25. The molecule has 2 atom stereocenters. The minimum atomic E-state index is -0.842. The number of hydrogen-bond donors (Lipinski definition) is 2. The molecule has 1 unspecified atom stereocenters. The quantitative estimate of drug-likeness (QED) is 0.477. The first-order valence-corrected chi connectivity index (χ1v) is 10.8. The molecule has 0 bridgehead atoms. The highest BCUT2D eigenvalue weighted by Gasteiger charge is 2.28. The molecule has 1 aromatic heterocycles. The Kier molecular flexibility index (Phi) is 5.78. The molecule has 2 N–H and O–H groups in total. The molecule has 0 fully saturated rings. The lowest BCUT2D eigenvalue weighted by Crippen LogP contribution is -2.29. The number of carbonyl (C=O) groups is 1. The molecule has 4 aromatic rings. The van der Waals surface area contributed by atoms with E-state index >= 15 is 0 Å². The van der Waals surface area contributed by atoms with E-state index in [1.165, 1.54) is 0 Å². The van der Waals surface area contributed by atoms with Gasteiger partial charge in [0.1, 0.15) is 6.04 Å². The molecule has 1 aliphatic heterocycles. The van der Waals surface area contributed by atoms with E-state index < -0.39 is 6.17 Å². The van der Waals surface area contributed by atoms with Gasteiger partial charge in [0.05, 0.1) is 5.71 Å². The van der Waals surface area contributed by atoms with Crippen LogP contribution in [0, 0.1) is 0 Å². The number of rotatable bonds is 6. The molecular formula is C26H23N5O2. The molecule has 2 heterocycles. The Labute approximate surface area is 191 Å². The van der Waals surface area contributed by atoms with E-state index in [9.17, 15) is 4.79 Å². The van der Waals surface area contributed by atoms with Crippen molar-refractivity contribution in [2.45, 2.75) is 18.6 Å². The van der Waals surface area contributed by atoms with Crippen molar-refractivity contribution >= 4 is 17.5 Å². The Morgan fingerprint density at radius 2 is 1.61 bits per heavy atom. The summed E-state index contributed by atoms with van der Waals surface area (Å²) in [6, 6.07) is 27.5. The van der Waals surface area contributed by atoms with Crippen LogP contribution in [0.4, 0.5) is 6.01 Å². The smallest absolute Gasteiger partial charge is 0.317 e. The number of Topliss-reactive ketones (excluding diaryl/α,β-unsaturated/α-hetero) is 1. The van der Waals surface area contributed by atoms with Gasteiger partial charge in [-0.3, -0.25) is 9.79 Å². The predicted octanol–water partition coefficient (Wildman–Crippen LogP) is 3.78. The normalized spacial score (nSPS) is 16.5. The second kappa shape index (κ2) is 9.18. The first-order valence-electron chi connectivity index (χ1n) is 10.8. The minimum absolute atomic E-state index is 0.0682. The molecule has 0 radical (unpaired) electrons. The summed E-state index contributed by atoms with van der Waals surface area (Å²) in [5, 5.41) is 14.6. The molecule has 7 heteroatoms. The van der Waals surface area contributed by atoms with Crippen LogP contribution in [0.5, 0.6) is 0 Å². The summed E-state index contributed by atoms with van der Waals surface area (Å²) in [6.07, 6.45) is -0.580. The van der Waals surface area contributed by atoms with Gasteiger partial charge in [-0.15, -0.1) is 5.10 Å². The first-order chi connectivity index (χ1) is 16.2. The van der Waals surface area contributed by atoms with E-state index in [2.05, 4.69) is 20.8 Å². The van der Waals surface area contributed by atoms with Crippen LogP contribution in [0.15, 0.2) is 94.3 Å². The summed E-state index contributed by atoms with van der Waals surface area (Å²) in [4.78, 5) is 17.9. The number of nitrogens with one attached hydrogen (secondary N) is 2. The lowest BCUT2D eigenvalue weighted by atomic mass is 9.96. The van der Waals surface area contributed by atoms with Crippen molar-refractivity contribution in [3.8, 4) is 0 Å². The lowest BCUT2D eigenvalue weighted by molar-refractivity contribution is -0.119. The number of anilines is 1. The number of aliphatic imine (C=N–C) groups is 1. The Morgan fingerprint density at radius 3 is 2.36 bits per heavy atom.